The second kappa shape index (κ2) is 5.83. The number of nitrogens with two attached hydrogens (primary N) is 1. The lowest BCUT2D eigenvalue weighted by Crippen LogP contribution is -2.32. The molecule has 0 heterocycles. The zero-order valence-electron chi connectivity index (χ0n) is 10.4. The van der Waals surface area contributed by atoms with E-state index in [-0.39, 0.29) is 5.92 Å². The van der Waals surface area contributed by atoms with Gasteiger partial charge < -0.3 is 10.8 Å². The largest absolute Gasteiger partial charge is 0.480 e. The molecule has 2 atom stereocenters. The molecule has 0 spiro atoms. The van der Waals surface area contributed by atoms with Gasteiger partial charge in [-0.25, -0.2) is 0 Å². The quantitative estimate of drug-likeness (QED) is 0.800. The van der Waals surface area contributed by atoms with Crippen molar-refractivity contribution >= 4 is 5.97 Å². The third-order valence-corrected chi connectivity index (χ3v) is 3.45. The molecule has 0 amide bonds. The molecule has 0 aliphatic heterocycles. The summed E-state index contributed by atoms with van der Waals surface area (Å²) in [6.45, 7) is 0. The number of carboxylic acids is 1. The highest BCUT2D eigenvalue weighted by atomic mass is 16.4. The van der Waals surface area contributed by atoms with E-state index >= 15 is 0 Å². The number of allylic oxidation sites excluding steroid dienone is 8. The SMILES string of the molecule is N[C@@H](CC1C=CC(C2=CC=CCC2)=CC1)C(=O)O. The predicted octanol–water partition coefficient (Wildman–Crippen LogP) is 2.57. The highest BCUT2D eigenvalue weighted by molar-refractivity contribution is 5.73. The van der Waals surface area contributed by atoms with Gasteiger partial charge in [0.15, 0.2) is 0 Å². The summed E-state index contributed by atoms with van der Waals surface area (Å²) in [5, 5.41) is 8.79. The Balaban J connectivity index is 1.93. The van der Waals surface area contributed by atoms with Gasteiger partial charge in [0.2, 0.25) is 0 Å². The average Bonchev–Trinajstić information content (AvgIpc) is 2.40. The molecule has 0 aromatic rings. The molecular weight excluding hydrogens is 226 g/mol. The highest BCUT2D eigenvalue weighted by Gasteiger charge is 2.18. The van der Waals surface area contributed by atoms with Crippen LogP contribution in [0.15, 0.2) is 47.6 Å². The average molecular weight is 245 g/mol. The van der Waals surface area contributed by atoms with Crippen molar-refractivity contribution in [2.75, 3.05) is 0 Å². The van der Waals surface area contributed by atoms with Crippen LogP contribution in [0.3, 0.4) is 0 Å². The molecule has 96 valence electrons. The van der Waals surface area contributed by atoms with E-state index in [0.717, 1.165) is 19.3 Å². The molecule has 2 rings (SSSR count). The molecule has 3 heteroatoms. The first-order valence-corrected chi connectivity index (χ1v) is 6.39. The number of hydrogen-bond acceptors (Lipinski definition) is 2. The molecule has 0 saturated heterocycles. The van der Waals surface area contributed by atoms with Gasteiger partial charge >= 0.3 is 5.97 Å². The van der Waals surface area contributed by atoms with Crippen LogP contribution in [0.5, 0.6) is 0 Å². The van der Waals surface area contributed by atoms with E-state index in [4.69, 9.17) is 10.8 Å². The molecular formula is C15H19NO2. The number of rotatable bonds is 4. The first-order valence-electron chi connectivity index (χ1n) is 6.39. The van der Waals surface area contributed by atoms with Gasteiger partial charge in [-0.1, -0.05) is 36.5 Å². The number of aliphatic carboxylic acids is 1. The molecule has 3 nitrogen and oxygen atoms in total. The second-order valence-electron chi connectivity index (χ2n) is 4.85. The molecule has 1 unspecified atom stereocenters. The minimum atomic E-state index is -0.918. The Hall–Kier alpha value is -1.61. The summed E-state index contributed by atoms with van der Waals surface area (Å²) in [7, 11) is 0. The van der Waals surface area contributed by atoms with Crippen molar-refractivity contribution < 1.29 is 9.90 Å². The van der Waals surface area contributed by atoms with Crippen molar-refractivity contribution in [3.63, 3.8) is 0 Å². The zero-order chi connectivity index (χ0) is 13.0. The van der Waals surface area contributed by atoms with Gasteiger partial charge in [0, 0.05) is 0 Å². The van der Waals surface area contributed by atoms with E-state index < -0.39 is 12.0 Å². The van der Waals surface area contributed by atoms with E-state index in [1.807, 2.05) is 0 Å². The van der Waals surface area contributed by atoms with Crippen LogP contribution in [0.2, 0.25) is 0 Å². The Morgan fingerprint density at radius 3 is 2.94 bits per heavy atom. The van der Waals surface area contributed by atoms with Crippen molar-refractivity contribution in [1.29, 1.82) is 0 Å². The summed E-state index contributed by atoms with van der Waals surface area (Å²) >= 11 is 0. The Kier molecular flexibility index (Phi) is 4.15. The first-order chi connectivity index (χ1) is 8.66. The van der Waals surface area contributed by atoms with Gasteiger partial charge in [-0.15, -0.1) is 0 Å². The lowest BCUT2D eigenvalue weighted by Gasteiger charge is -2.19. The van der Waals surface area contributed by atoms with Gasteiger partial charge in [-0.05, 0) is 42.7 Å². The zero-order valence-corrected chi connectivity index (χ0v) is 10.4. The fourth-order valence-electron chi connectivity index (χ4n) is 2.35. The van der Waals surface area contributed by atoms with Crippen molar-refractivity contribution in [3.8, 4) is 0 Å². The van der Waals surface area contributed by atoms with E-state index in [2.05, 4.69) is 36.5 Å². The molecule has 0 radical (unpaired) electrons. The number of hydrogen-bond donors (Lipinski definition) is 2. The third-order valence-electron chi connectivity index (χ3n) is 3.45. The van der Waals surface area contributed by atoms with Crippen LogP contribution in [0.25, 0.3) is 0 Å². The Morgan fingerprint density at radius 1 is 1.56 bits per heavy atom. The van der Waals surface area contributed by atoms with Crippen molar-refractivity contribution in [3.05, 3.63) is 47.6 Å². The van der Waals surface area contributed by atoms with Gasteiger partial charge in [0.05, 0.1) is 0 Å². The van der Waals surface area contributed by atoms with Crippen LogP contribution in [-0.2, 0) is 4.79 Å². The molecule has 0 aromatic heterocycles. The first kappa shape index (κ1) is 12.8. The standard InChI is InChI=1S/C15H19NO2/c16-14(15(17)18)10-11-6-8-13(9-7-11)12-4-2-1-3-5-12/h1-2,4,6,8-9,11,14H,3,5,7,10,16H2,(H,17,18)/t11?,14-/m0/s1. The van der Waals surface area contributed by atoms with E-state index in [0.29, 0.717) is 6.42 Å². The van der Waals surface area contributed by atoms with Crippen LogP contribution < -0.4 is 5.73 Å². The Labute approximate surface area is 107 Å². The van der Waals surface area contributed by atoms with Gasteiger partial charge in [-0.2, -0.15) is 0 Å². The third kappa shape index (κ3) is 3.20. The summed E-state index contributed by atoms with van der Waals surface area (Å²) < 4.78 is 0. The fourth-order valence-corrected chi connectivity index (χ4v) is 2.35. The molecule has 2 aliphatic rings. The summed E-state index contributed by atoms with van der Waals surface area (Å²) in [6.07, 6.45) is 16.4. The van der Waals surface area contributed by atoms with E-state index in [1.54, 1.807) is 0 Å². The van der Waals surface area contributed by atoms with Crippen LogP contribution in [-0.4, -0.2) is 17.1 Å². The van der Waals surface area contributed by atoms with Crippen molar-refractivity contribution in [2.24, 2.45) is 11.7 Å². The molecule has 2 aliphatic carbocycles. The van der Waals surface area contributed by atoms with Crippen molar-refractivity contribution in [2.45, 2.75) is 31.7 Å². The fraction of sp³-hybridized carbons (Fsp3) is 0.400. The summed E-state index contributed by atoms with van der Waals surface area (Å²) in [5.74, 6) is -0.669. The van der Waals surface area contributed by atoms with Gasteiger partial charge in [0.25, 0.3) is 0 Å². The summed E-state index contributed by atoms with van der Waals surface area (Å²) in [5.41, 5.74) is 8.20. The van der Waals surface area contributed by atoms with E-state index in [9.17, 15) is 4.79 Å². The second-order valence-corrected chi connectivity index (χ2v) is 4.85. The maximum absolute atomic E-state index is 10.7. The number of carboxylic acid groups (broad SMARTS) is 1. The predicted molar refractivity (Wildman–Crippen MR) is 72.0 cm³/mol. The van der Waals surface area contributed by atoms with Crippen LogP contribution in [0.4, 0.5) is 0 Å². The van der Waals surface area contributed by atoms with Gasteiger partial charge in [-0.3, -0.25) is 4.79 Å². The molecule has 18 heavy (non-hydrogen) atoms. The Morgan fingerprint density at radius 2 is 2.39 bits per heavy atom. The normalized spacial score (nSPS) is 24.4. The minimum Gasteiger partial charge on any atom is -0.480 e. The summed E-state index contributed by atoms with van der Waals surface area (Å²) in [6, 6.07) is -0.758. The number of carbonyl (C=O) groups is 1. The topological polar surface area (TPSA) is 63.3 Å². The minimum absolute atomic E-state index is 0.250. The smallest absolute Gasteiger partial charge is 0.320 e. The van der Waals surface area contributed by atoms with Crippen LogP contribution in [0, 0.1) is 5.92 Å². The maximum atomic E-state index is 10.7. The molecule has 0 bridgehead atoms. The molecule has 3 N–H and O–H groups in total. The Bertz CT molecular complexity index is 443. The van der Waals surface area contributed by atoms with E-state index in [1.165, 1.54) is 11.1 Å². The summed E-state index contributed by atoms with van der Waals surface area (Å²) in [4.78, 5) is 10.7. The lowest BCUT2D eigenvalue weighted by atomic mass is 9.87. The van der Waals surface area contributed by atoms with Crippen LogP contribution in [0.1, 0.15) is 25.7 Å². The molecule has 0 saturated carbocycles. The van der Waals surface area contributed by atoms with Crippen LogP contribution >= 0.6 is 0 Å². The molecule has 0 aromatic carbocycles. The molecule has 0 fully saturated rings. The van der Waals surface area contributed by atoms with Gasteiger partial charge in [0.1, 0.15) is 6.04 Å². The highest BCUT2D eigenvalue weighted by Crippen LogP contribution is 2.28. The maximum Gasteiger partial charge on any atom is 0.320 e. The monoisotopic (exact) mass is 245 g/mol. The van der Waals surface area contributed by atoms with Crippen molar-refractivity contribution in [1.82, 2.24) is 0 Å². The lowest BCUT2D eigenvalue weighted by molar-refractivity contribution is -0.138.